The zero-order valence-corrected chi connectivity index (χ0v) is 16.1. The first-order valence-corrected chi connectivity index (χ1v) is 10.3. The second-order valence-electron chi connectivity index (χ2n) is 5.70. The Hall–Kier alpha value is -1.77. The monoisotopic (exact) mass is 412 g/mol. The van der Waals surface area contributed by atoms with Crippen molar-refractivity contribution >= 4 is 46.6 Å². The lowest BCUT2D eigenvalue weighted by Crippen LogP contribution is -2.38. The number of carbonyl (C=O) groups is 2. The van der Waals surface area contributed by atoms with Crippen molar-refractivity contribution in [3.63, 3.8) is 0 Å². The van der Waals surface area contributed by atoms with Crippen molar-refractivity contribution in [2.24, 2.45) is 0 Å². The molecule has 0 spiro atoms. The number of rotatable bonds is 8. The van der Waals surface area contributed by atoms with Crippen molar-refractivity contribution < 1.29 is 19.4 Å². The van der Waals surface area contributed by atoms with Gasteiger partial charge in [0, 0.05) is 29.1 Å². The van der Waals surface area contributed by atoms with Crippen molar-refractivity contribution in [3.05, 3.63) is 40.4 Å². The number of amides is 1. The SMILES string of the molecule is O=C(O)c1csc(SCCN2C(=O)CCC2COc2ccc(Cl)cc2)n1. The quantitative estimate of drug-likeness (QED) is 0.666. The van der Waals surface area contributed by atoms with E-state index in [1.54, 1.807) is 12.1 Å². The molecule has 1 atom stereocenters. The Morgan fingerprint density at radius 2 is 2.19 bits per heavy atom. The van der Waals surface area contributed by atoms with Gasteiger partial charge in [-0.25, -0.2) is 9.78 Å². The number of thiazole rings is 1. The van der Waals surface area contributed by atoms with Gasteiger partial charge in [-0.2, -0.15) is 0 Å². The van der Waals surface area contributed by atoms with E-state index in [9.17, 15) is 9.59 Å². The van der Waals surface area contributed by atoms with Crippen LogP contribution in [0, 0.1) is 0 Å². The molecule has 0 aliphatic carbocycles. The third kappa shape index (κ3) is 4.90. The summed E-state index contributed by atoms with van der Waals surface area (Å²) in [6.45, 7) is 1.03. The second kappa shape index (κ2) is 8.75. The maximum absolute atomic E-state index is 12.1. The number of aromatic nitrogens is 1. The van der Waals surface area contributed by atoms with Crippen molar-refractivity contribution in [2.75, 3.05) is 18.9 Å². The van der Waals surface area contributed by atoms with E-state index in [1.165, 1.54) is 28.5 Å². The number of carboxylic acid groups (broad SMARTS) is 1. The van der Waals surface area contributed by atoms with E-state index >= 15 is 0 Å². The first-order chi connectivity index (χ1) is 12.5. The predicted octanol–water partition coefficient (Wildman–Crippen LogP) is 3.66. The van der Waals surface area contributed by atoms with Crippen LogP contribution in [0.5, 0.6) is 5.75 Å². The lowest BCUT2D eigenvalue weighted by atomic mass is 10.2. The van der Waals surface area contributed by atoms with Crippen molar-refractivity contribution in [1.82, 2.24) is 9.88 Å². The number of halogens is 1. The molecule has 0 radical (unpaired) electrons. The van der Waals surface area contributed by atoms with Crippen LogP contribution in [0.15, 0.2) is 34.0 Å². The Morgan fingerprint density at radius 1 is 1.42 bits per heavy atom. The molecule has 1 N–H and O–H groups in total. The lowest BCUT2D eigenvalue weighted by Gasteiger charge is -2.24. The van der Waals surface area contributed by atoms with Crippen LogP contribution in [0.2, 0.25) is 5.02 Å². The molecule has 1 aliphatic rings. The third-order valence-electron chi connectivity index (χ3n) is 3.97. The van der Waals surface area contributed by atoms with Crippen molar-refractivity contribution in [3.8, 4) is 5.75 Å². The maximum Gasteiger partial charge on any atom is 0.355 e. The van der Waals surface area contributed by atoms with Crippen LogP contribution in [-0.2, 0) is 4.79 Å². The van der Waals surface area contributed by atoms with E-state index in [-0.39, 0.29) is 17.6 Å². The summed E-state index contributed by atoms with van der Waals surface area (Å²) >= 11 is 8.62. The number of thioether (sulfide) groups is 1. The van der Waals surface area contributed by atoms with Gasteiger partial charge in [-0.1, -0.05) is 23.4 Å². The summed E-state index contributed by atoms with van der Waals surface area (Å²) < 4.78 is 6.48. The number of carboxylic acids is 1. The molecule has 9 heteroatoms. The van der Waals surface area contributed by atoms with Crippen LogP contribution in [-0.4, -0.2) is 51.8 Å². The highest BCUT2D eigenvalue weighted by Gasteiger charge is 2.31. The molecule has 6 nitrogen and oxygen atoms in total. The average molecular weight is 413 g/mol. The van der Waals surface area contributed by atoms with Crippen LogP contribution >= 0.6 is 34.7 Å². The molecule has 3 rings (SSSR count). The molecule has 26 heavy (non-hydrogen) atoms. The molecular formula is C17H17ClN2O4S2. The molecule has 0 bridgehead atoms. The van der Waals surface area contributed by atoms with Crippen molar-refractivity contribution in [2.45, 2.75) is 23.2 Å². The summed E-state index contributed by atoms with van der Waals surface area (Å²) in [6.07, 6.45) is 1.30. The van der Waals surface area contributed by atoms with Gasteiger partial charge < -0.3 is 14.7 Å². The predicted molar refractivity (Wildman–Crippen MR) is 101 cm³/mol. The van der Waals surface area contributed by atoms with E-state index in [0.717, 1.165) is 12.2 Å². The normalized spacial score (nSPS) is 16.9. The van der Waals surface area contributed by atoms with Gasteiger partial charge in [-0.3, -0.25) is 4.79 Å². The first-order valence-electron chi connectivity index (χ1n) is 8.02. The van der Waals surface area contributed by atoms with Gasteiger partial charge in [0.2, 0.25) is 5.91 Å². The molecule has 1 amide bonds. The molecule has 2 aromatic rings. The fourth-order valence-corrected chi connectivity index (χ4v) is 4.59. The van der Waals surface area contributed by atoms with Crippen LogP contribution in [0.3, 0.4) is 0 Å². The number of aromatic carboxylic acids is 1. The van der Waals surface area contributed by atoms with E-state index in [0.29, 0.717) is 34.7 Å². The molecule has 138 valence electrons. The highest BCUT2D eigenvalue weighted by molar-refractivity contribution is 8.01. The number of hydrogen-bond acceptors (Lipinski definition) is 6. The molecule has 1 aromatic heterocycles. The van der Waals surface area contributed by atoms with Gasteiger partial charge in [0.1, 0.15) is 12.4 Å². The van der Waals surface area contributed by atoms with Crippen LogP contribution in [0.1, 0.15) is 23.3 Å². The minimum Gasteiger partial charge on any atom is -0.491 e. The summed E-state index contributed by atoms with van der Waals surface area (Å²) in [7, 11) is 0. The zero-order valence-electron chi connectivity index (χ0n) is 13.8. The standard InChI is InChI=1S/C17H17ClN2O4S2/c18-11-1-4-13(5-2-11)24-9-12-3-6-15(21)20(12)7-8-25-17-19-14(10-26-17)16(22)23/h1-2,4-5,10,12H,3,6-9H2,(H,22,23). The van der Waals surface area contributed by atoms with Crippen LogP contribution in [0.25, 0.3) is 0 Å². The summed E-state index contributed by atoms with van der Waals surface area (Å²) in [5, 5.41) is 11.1. The summed E-state index contributed by atoms with van der Waals surface area (Å²) in [5.41, 5.74) is 0.0592. The largest absolute Gasteiger partial charge is 0.491 e. The zero-order chi connectivity index (χ0) is 18.5. The Labute approximate surface area is 164 Å². The van der Waals surface area contributed by atoms with E-state index < -0.39 is 5.97 Å². The second-order valence-corrected chi connectivity index (χ2v) is 8.33. The summed E-state index contributed by atoms with van der Waals surface area (Å²) in [6, 6.07) is 7.20. The Balaban J connectivity index is 1.49. The van der Waals surface area contributed by atoms with Gasteiger partial charge in [-0.05, 0) is 30.7 Å². The molecule has 0 saturated carbocycles. The first kappa shape index (κ1) is 19.0. The highest BCUT2D eigenvalue weighted by Crippen LogP contribution is 2.25. The number of carbonyl (C=O) groups excluding carboxylic acids is 1. The fraction of sp³-hybridized carbons (Fsp3) is 0.353. The van der Waals surface area contributed by atoms with Crippen LogP contribution in [0.4, 0.5) is 0 Å². The Kier molecular flexibility index (Phi) is 6.39. The lowest BCUT2D eigenvalue weighted by molar-refractivity contribution is -0.129. The van der Waals surface area contributed by atoms with Gasteiger partial charge >= 0.3 is 5.97 Å². The van der Waals surface area contributed by atoms with E-state index in [2.05, 4.69) is 4.98 Å². The van der Waals surface area contributed by atoms with E-state index in [4.69, 9.17) is 21.4 Å². The minimum absolute atomic E-state index is 0.0460. The van der Waals surface area contributed by atoms with Crippen molar-refractivity contribution in [1.29, 1.82) is 0 Å². The molecule has 1 fully saturated rings. The molecule has 1 aromatic carbocycles. The molecule has 1 unspecified atom stereocenters. The van der Waals surface area contributed by atoms with Gasteiger partial charge in [0.15, 0.2) is 10.0 Å². The summed E-state index contributed by atoms with van der Waals surface area (Å²) in [4.78, 5) is 28.9. The third-order valence-corrected chi connectivity index (χ3v) is 6.22. The Bertz CT molecular complexity index is 781. The number of benzene rings is 1. The molecule has 2 heterocycles. The smallest absolute Gasteiger partial charge is 0.355 e. The number of likely N-dealkylation sites (tertiary alicyclic amines) is 1. The highest BCUT2D eigenvalue weighted by atomic mass is 35.5. The maximum atomic E-state index is 12.1. The minimum atomic E-state index is -1.03. The number of ether oxygens (including phenoxy) is 1. The summed E-state index contributed by atoms with van der Waals surface area (Å²) in [5.74, 6) is 0.491. The van der Waals surface area contributed by atoms with Gasteiger partial charge in [0.25, 0.3) is 0 Å². The number of nitrogens with zero attached hydrogens (tertiary/aromatic N) is 2. The average Bonchev–Trinajstić information content (AvgIpc) is 3.23. The molecular weight excluding hydrogens is 396 g/mol. The van der Waals surface area contributed by atoms with Crippen LogP contribution < -0.4 is 4.74 Å². The van der Waals surface area contributed by atoms with E-state index in [1.807, 2.05) is 17.0 Å². The number of hydrogen-bond donors (Lipinski definition) is 1. The molecule has 1 saturated heterocycles. The van der Waals surface area contributed by atoms with Gasteiger partial charge in [0.05, 0.1) is 6.04 Å². The Morgan fingerprint density at radius 3 is 2.88 bits per heavy atom. The topological polar surface area (TPSA) is 79.7 Å². The molecule has 1 aliphatic heterocycles. The fourth-order valence-electron chi connectivity index (χ4n) is 2.65. The van der Waals surface area contributed by atoms with Gasteiger partial charge in [-0.15, -0.1) is 11.3 Å².